The van der Waals surface area contributed by atoms with Gasteiger partial charge in [0, 0.05) is 33.0 Å². The first kappa shape index (κ1) is 22.2. The highest BCUT2D eigenvalue weighted by Crippen LogP contribution is 2.34. The number of nitro groups is 1. The second kappa shape index (κ2) is 9.61. The number of carbonyl (C=O) groups excluding carboxylic acids is 1. The molecule has 0 saturated heterocycles. The molecule has 1 heterocycles. The van der Waals surface area contributed by atoms with Gasteiger partial charge in [-0.25, -0.2) is 19.2 Å². The third-order valence-corrected chi connectivity index (χ3v) is 5.45. The number of nitrogens with zero attached hydrogens (tertiary/aromatic N) is 3. The molecule has 0 bridgehead atoms. The second-order valence-corrected chi connectivity index (χ2v) is 7.93. The lowest BCUT2D eigenvalue weighted by Crippen LogP contribution is -2.11. The Morgan fingerprint density at radius 2 is 1.85 bits per heavy atom. The molecule has 4 rings (SSSR count). The minimum atomic E-state index is -0.669. The summed E-state index contributed by atoms with van der Waals surface area (Å²) in [7, 11) is 0. The number of esters is 1. The van der Waals surface area contributed by atoms with Crippen molar-refractivity contribution in [1.29, 1.82) is 0 Å². The van der Waals surface area contributed by atoms with Crippen molar-refractivity contribution < 1.29 is 18.8 Å². The van der Waals surface area contributed by atoms with Crippen molar-refractivity contribution in [3.8, 4) is 0 Å². The Labute approximate surface area is 192 Å². The minimum absolute atomic E-state index is 0.121. The fraction of sp³-hybridized carbons (Fsp3) is 0.0870. The SMILES string of the molecule is CCOC(=O)c1nc(Nc2cc(Sc3ccc(F)cc3)cc([N+](=O)[O-])c2)c2ccccc2n1. The molecule has 0 aliphatic heterocycles. The number of non-ortho nitro benzene ring substituents is 1. The number of hydrogen-bond donors (Lipinski definition) is 1. The number of carbonyl (C=O) groups is 1. The molecule has 1 N–H and O–H groups in total. The zero-order valence-electron chi connectivity index (χ0n) is 17.3. The van der Waals surface area contributed by atoms with Crippen molar-refractivity contribution >= 4 is 45.8 Å². The van der Waals surface area contributed by atoms with E-state index in [2.05, 4.69) is 15.3 Å². The number of anilines is 2. The van der Waals surface area contributed by atoms with E-state index in [1.807, 2.05) is 0 Å². The van der Waals surface area contributed by atoms with E-state index in [0.29, 0.717) is 27.3 Å². The van der Waals surface area contributed by atoms with Gasteiger partial charge in [-0.05, 0) is 49.4 Å². The summed E-state index contributed by atoms with van der Waals surface area (Å²) in [5, 5.41) is 15.2. The Morgan fingerprint density at radius 3 is 2.58 bits per heavy atom. The summed E-state index contributed by atoms with van der Waals surface area (Å²) in [6.07, 6.45) is 0. The zero-order valence-corrected chi connectivity index (χ0v) is 18.1. The Hall–Kier alpha value is -4.05. The van der Waals surface area contributed by atoms with E-state index in [-0.39, 0.29) is 23.9 Å². The van der Waals surface area contributed by atoms with Gasteiger partial charge in [0.15, 0.2) is 0 Å². The smallest absolute Gasteiger partial charge is 0.376 e. The van der Waals surface area contributed by atoms with Crippen LogP contribution in [0.3, 0.4) is 0 Å². The van der Waals surface area contributed by atoms with E-state index in [1.165, 1.54) is 36.0 Å². The summed E-state index contributed by atoms with van der Waals surface area (Å²) in [4.78, 5) is 33.1. The molecule has 0 radical (unpaired) electrons. The summed E-state index contributed by atoms with van der Waals surface area (Å²) in [6.45, 7) is 1.86. The standard InChI is InChI=1S/C23H17FN4O4S/c1-2-32-23(29)22-26-20-6-4-3-5-19(20)21(27-22)25-15-11-16(28(30)31)13-18(12-15)33-17-9-7-14(24)8-10-17/h3-13H,2H2,1H3,(H,25,26,27). The van der Waals surface area contributed by atoms with Gasteiger partial charge in [0.2, 0.25) is 5.82 Å². The van der Waals surface area contributed by atoms with Gasteiger partial charge in [-0.2, -0.15) is 0 Å². The molecule has 0 spiro atoms. The molecule has 0 fully saturated rings. The van der Waals surface area contributed by atoms with E-state index in [0.717, 1.165) is 4.90 Å². The number of ether oxygens (including phenoxy) is 1. The summed E-state index contributed by atoms with van der Waals surface area (Å²) >= 11 is 1.25. The molecular formula is C23H17FN4O4S. The highest BCUT2D eigenvalue weighted by Gasteiger charge is 2.17. The average molecular weight is 464 g/mol. The number of hydrogen-bond acceptors (Lipinski definition) is 8. The molecule has 0 unspecified atom stereocenters. The molecule has 0 aliphatic carbocycles. The van der Waals surface area contributed by atoms with Gasteiger partial charge in [-0.15, -0.1) is 0 Å². The maximum atomic E-state index is 13.2. The van der Waals surface area contributed by atoms with Gasteiger partial charge in [-0.3, -0.25) is 10.1 Å². The first-order valence-corrected chi connectivity index (χ1v) is 10.7. The molecule has 3 aromatic carbocycles. The summed E-state index contributed by atoms with van der Waals surface area (Å²) in [6, 6.07) is 17.4. The van der Waals surface area contributed by atoms with Crippen molar-refractivity contribution in [2.24, 2.45) is 0 Å². The van der Waals surface area contributed by atoms with E-state index in [9.17, 15) is 19.3 Å². The summed E-state index contributed by atoms with van der Waals surface area (Å²) in [5.41, 5.74) is 0.783. The van der Waals surface area contributed by atoms with Gasteiger partial charge < -0.3 is 10.1 Å². The van der Waals surface area contributed by atoms with E-state index in [1.54, 1.807) is 49.4 Å². The van der Waals surface area contributed by atoms with Crippen LogP contribution in [0, 0.1) is 15.9 Å². The first-order valence-electron chi connectivity index (χ1n) is 9.87. The largest absolute Gasteiger partial charge is 0.460 e. The fourth-order valence-corrected chi connectivity index (χ4v) is 3.96. The predicted octanol–water partition coefficient (Wildman–Crippen LogP) is 5.75. The lowest BCUT2D eigenvalue weighted by Gasteiger charge is -2.12. The lowest BCUT2D eigenvalue weighted by atomic mass is 10.2. The Kier molecular flexibility index (Phi) is 6.45. The number of nitrogens with one attached hydrogen (secondary N) is 1. The number of aromatic nitrogens is 2. The van der Waals surface area contributed by atoms with Crippen LogP contribution in [0.25, 0.3) is 10.9 Å². The van der Waals surface area contributed by atoms with Gasteiger partial charge >= 0.3 is 5.97 Å². The quantitative estimate of drug-likeness (QED) is 0.209. The molecule has 4 aromatic rings. The van der Waals surface area contributed by atoms with Crippen molar-refractivity contribution in [3.63, 3.8) is 0 Å². The normalized spacial score (nSPS) is 10.7. The van der Waals surface area contributed by atoms with Crippen molar-refractivity contribution in [1.82, 2.24) is 9.97 Å². The topological polar surface area (TPSA) is 107 Å². The average Bonchev–Trinajstić information content (AvgIpc) is 2.80. The summed E-state index contributed by atoms with van der Waals surface area (Å²) in [5.74, 6) is -0.849. The predicted molar refractivity (Wildman–Crippen MR) is 122 cm³/mol. The van der Waals surface area contributed by atoms with Gasteiger partial charge in [0.05, 0.1) is 17.0 Å². The molecule has 0 aliphatic rings. The fourth-order valence-electron chi connectivity index (χ4n) is 3.05. The molecule has 0 atom stereocenters. The monoisotopic (exact) mass is 464 g/mol. The van der Waals surface area contributed by atoms with Crippen LogP contribution >= 0.6 is 11.8 Å². The van der Waals surface area contributed by atoms with Crippen LogP contribution in [-0.2, 0) is 4.74 Å². The molecule has 0 amide bonds. The highest BCUT2D eigenvalue weighted by molar-refractivity contribution is 7.99. The van der Waals surface area contributed by atoms with Crippen LogP contribution in [0.2, 0.25) is 0 Å². The Morgan fingerprint density at radius 1 is 1.09 bits per heavy atom. The van der Waals surface area contributed by atoms with E-state index >= 15 is 0 Å². The Balaban J connectivity index is 1.74. The number of para-hydroxylation sites is 1. The molecule has 8 nitrogen and oxygen atoms in total. The summed E-state index contributed by atoms with van der Waals surface area (Å²) < 4.78 is 18.2. The van der Waals surface area contributed by atoms with Crippen molar-refractivity contribution in [2.45, 2.75) is 16.7 Å². The molecule has 1 aromatic heterocycles. The third kappa shape index (κ3) is 5.24. The van der Waals surface area contributed by atoms with Crippen LogP contribution in [0.4, 0.5) is 21.6 Å². The number of halogens is 1. The minimum Gasteiger partial charge on any atom is -0.460 e. The van der Waals surface area contributed by atoms with Crippen LogP contribution < -0.4 is 5.32 Å². The third-order valence-electron chi connectivity index (χ3n) is 4.48. The maximum absolute atomic E-state index is 13.2. The van der Waals surface area contributed by atoms with Gasteiger partial charge in [0.1, 0.15) is 11.6 Å². The molecule has 10 heteroatoms. The Bertz CT molecular complexity index is 1350. The number of nitro benzene ring substituents is 1. The van der Waals surface area contributed by atoms with Crippen molar-refractivity contribution in [2.75, 3.05) is 11.9 Å². The first-order chi connectivity index (χ1) is 15.9. The van der Waals surface area contributed by atoms with E-state index < -0.39 is 10.9 Å². The zero-order chi connectivity index (χ0) is 23.4. The van der Waals surface area contributed by atoms with Crippen LogP contribution in [0.1, 0.15) is 17.5 Å². The number of benzene rings is 3. The molecule has 33 heavy (non-hydrogen) atoms. The van der Waals surface area contributed by atoms with Crippen LogP contribution in [-0.4, -0.2) is 27.5 Å². The molecular weight excluding hydrogens is 447 g/mol. The highest BCUT2D eigenvalue weighted by atomic mass is 32.2. The second-order valence-electron chi connectivity index (χ2n) is 6.79. The number of fused-ring (bicyclic) bond motifs is 1. The van der Waals surface area contributed by atoms with E-state index in [4.69, 9.17) is 4.74 Å². The van der Waals surface area contributed by atoms with Crippen molar-refractivity contribution in [3.05, 3.63) is 88.5 Å². The number of rotatable bonds is 7. The van der Waals surface area contributed by atoms with Gasteiger partial charge in [-0.1, -0.05) is 23.9 Å². The lowest BCUT2D eigenvalue weighted by molar-refractivity contribution is -0.385. The molecule has 166 valence electrons. The van der Waals surface area contributed by atoms with Gasteiger partial charge in [0.25, 0.3) is 5.69 Å². The molecule has 0 saturated carbocycles. The van der Waals surface area contributed by atoms with Crippen LogP contribution in [0.15, 0.2) is 76.5 Å². The van der Waals surface area contributed by atoms with Crippen LogP contribution in [0.5, 0.6) is 0 Å². The maximum Gasteiger partial charge on any atom is 0.376 e.